The van der Waals surface area contributed by atoms with Crippen molar-refractivity contribution in [2.45, 2.75) is 18.9 Å². The molecule has 1 amide bonds. The van der Waals surface area contributed by atoms with Crippen molar-refractivity contribution in [1.29, 1.82) is 0 Å². The highest BCUT2D eigenvalue weighted by Crippen LogP contribution is 2.36. The molecular weight excluding hydrogens is 470 g/mol. The van der Waals surface area contributed by atoms with Crippen molar-refractivity contribution in [1.82, 2.24) is 19.7 Å². The number of aromatic nitrogens is 3. The SMILES string of the molecule is COc1ccc(-c2nn(CCNC(=O)c3cc(C(F)(F)F)cc(C(F)(F)F)c3)c(=O)n2C)cc1. The fourth-order valence-electron chi connectivity index (χ4n) is 3.09. The summed E-state index contributed by atoms with van der Waals surface area (Å²) in [6.45, 7) is -0.435. The Morgan fingerprint density at radius 1 is 1.00 bits per heavy atom. The number of amides is 1. The van der Waals surface area contributed by atoms with Gasteiger partial charge in [-0.25, -0.2) is 9.48 Å². The van der Waals surface area contributed by atoms with Crippen molar-refractivity contribution < 1.29 is 35.9 Å². The van der Waals surface area contributed by atoms with E-state index in [1.807, 2.05) is 0 Å². The summed E-state index contributed by atoms with van der Waals surface area (Å²) >= 11 is 0. The van der Waals surface area contributed by atoms with Gasteiger partial charge in [-0.1, -0.05) is 0 Å². The second-order valence-corrected chi connectivity index (χ2v) is 7.17. The summed E-state index contributed by atoms with van der Waals surface area (Å²) in [6, 6.07) is 7.30. The van der Waals surface area contributed by atoms with Crippen LogP contribution in [0.5, 0.6) is 5.75 Å². The Morgan fingerprint density at radius 2 is 1.56 bits per heavy atom. The van der Waals surface area contributed by atoms with Gasteiger partial charge in [0.1, 0.15) is 5.75 Å². The lowest BCUT2D eigenvalue weighted by atomic mass is 10.0. The lowest BCUT2D eigenvalue weighted by Gasteiger charge is -2.14. The maximum absolute atomic E-state index is 13.0. The lowest BCUT2D eigenvalue weighted by Crippen LogP contribution is -2.32. The molecule has 13 heteroatoms. The van der Waals surface area contributed by atoms with Crippen molar-refractivity contribution in [3.05, 3.63) is 69.6 Å². The summed E-state index contributed by atoms with van der Waals surface area (Å²) < 4.78 is 85.3. The summed E-state index contributed by atoms with van der Waals surface area (Å²) in [4.78, 5) is 24.7. The van der Waals surface area contributed by atoms with Crippen LogP contribution < -0.4 is 15.7 Å². The van der Waals surface area contributed by atoms with E-state index < -0.39 is 40.6 Å². The number of nitrogens with one attached hydrogen (secondary N) is 1. The van der Waals surface area contributed by atoms with E-state index in [4.69, 9.17) is 4.74 Å². The molecule has 0 aliphatic rings. The zero-order valence-electron chi connectivity index (χ0n) is 17.8. The Balaban J connectivity index is 1.76. The summed E-state index contributed by atoms with van der Waals surface area (Å²) in [6.07, 6.45) is -10.1. The minimum atomic E-state index is -5.07. The number of alkyl halides is 6. The molecule has 0 saturated heterocycles. The van der Waals surface area contributed by atoms with Crippen LogP contribution in [0.1, 0.15) is 21.5 Å². The van der Waals surface area contributed by atoms with E-state index in [-0.39, 0.29) is 19.2 Å². The molecule has 7 nitrogen and oxygen atoms in total. The third-order valence-electron chi connectivity index (χ3n) is 4.85. The van der Waals surface area contributed by atoms with Gasteiger partial charge in [0, 0.05) is 24.7 Å². The molecule has 0 bridgehead atoms. The zero-order chi connectivity index (χ0) is 25.3. The smallest absolute Gasteiger partial charge is 0.416 e. The first kappa shape index (κ1) is 24.9. The highest BCUT2D eigenvalue weighted by atomic mass is 19.4. The molecule has 1 heterocycles. The summed E-state index contributed by atoms with van der Waals surface area (Å²) in [7, 11) is 2.97. The van der Waals surface area contributed by atoms with Crippen LogP contribution in [0, 0.1) is 0 Å². The number of benzene rings is 2. The highest BCUT2D eigenvalue weighted by molar-refractivity contribution is 5.94. The highest BCUT2D eigenvalue weighted by Gasteiger charge is 2.37. The van der Waals surface area contributed by atoms with Crippen LogP contribution in [-0.4, -0.2) is 33.9 Å². The predicted octanol–water partition coefficient (Wildman–Crippen LogP) is 3.73. The number of ether oxygens (including phenoxy) is 1. The molecule has 0 atom stereocenters. The average Bonchev–Trinajstić information content (AvgIpc) is 3.06. The summed E-state index contributed by atoms with van der Waals surface area (Å²) in [5.74, 6) is -0.248. The molecule has 3 aromatic rings. The van der Waals surface area contributed by atoms with Gasteiger partial charge in [-0.2, -0.15) is 26.3 Å². The molecule has 0 saturated carbocycles. The van der Waals surface area contributed by atoms with Crippen LogP contribution in [0.15, 0.2) is 47.3 Å². The molecule has 0 aliphatic carbocycles. The van der Waals surface area contributed by atoms with E-state index in [1.54, 1.807) is 24.3 Å². The number of hydrogen-bond acceptors (Lipinski definition) is 4. The maximum atomic E-state index is 13.0. The molecule has 0 unspecified atom stereocenters. The van der Waals surface area contributed by atoms with Gasteiger partial charge in [0.25, 0.3) is 5.91 Å². The molecule has 0 radical (unpaired) electrons. The molecular formula is C21H18F6N4O3. The Bertz CT molecular complexity index is 1210. The average molecular weight is 488 g/mol. The third kappa shape index (κ3) is 5.41. The largest absolute Gasteiger partial charge is 0.497 e. The lowest BCUT2D eigenvalue weighted by molar-refractivity contribution is -0.143. The summed E-state index contributed by atoms with van der Waals surface area (Å²) in [5.41, 5.74) is -3.94. The van der Waals surface area contributed by atoms with E-state index in [9.17, 15) is 35.9 Å². The van der Waals surface area contributed by atoms with Gasteiger partial charge in [-0.05, 0) is 42.5 Å². The molecule has 0 aliphatic heterocycles. The first-order chi connectivity index (χ1) is 15.8. The minimum Gasteiger partial charge on any atom is -0.497 e. The maximum Gasteiger partial charge on any atom is 0.416 e. The van der Waals surface area contributed by atoms with Crippen LogP contribution in [-0.2, 0) is 25.9 Å². The Labute approximate surface area is 188 Å². The molecule has 1 aromatic heterocycles. The van der Waals surface area contributed by atoms with Gasteiger partial charge in [0.15, 0.2) is 5.82 Å². The first-order valence-corrected chi connectivity index (χ1v) is 9.67. The minimum absolute atomic E-state index is 0.0646. The van der Waals surface area contributed by atoms with Crippen molar-refractivity contribution in [2.75, 3.05) is 13.7 Å². The van der Waals surface area contributed by atoms with E-state index in [0.29, 0.717) is 29.3 Å². The normalized spacial score (nSPS) is 12.0. The standard InChI is InChI=1S/C21H18F6N4O3/c1-30-17(12-3-5-16(34-2)6-4-12)29-31(19(30)33)8-7-28-18(32)13-9-14(20(22,23)24)11-15(10-13)21(25,26)27/h3-6,9-11H,7-8H2,1-2H3,(H,28,32). The summed E-state index contributed by atoms with van der Waals surface area (Å²) in [5, 5.41) is 6.39. The zero-order valence-corrected chi connectivity index (χ0v) is 17.8. The van der Waals surface area contributed by atoms with Gasteiger partial charge in [-0.3, -0.25) is 9.36 Å². The Kier molecular flexibility index (Phi) is 6.75. The van der Waals surface area contributed by atoms with Gasteiger partial charge in [0.05, 0.1) is 24.8 Å². The van der Waals surface area contributed by atoms with E-state index in [2.05, 4.69) is 10.4 Å². The fourth-order valence-corrected chi connectivity index (χ4v) is 3.09. The third-order valence-corrected chi connectivity index (χ3v) is 4.85. The molecule has 34 heavy (non-hydrogen) atoms. The second kappa shape index (κ2) is 9.23. The van der Waals surface area contributed by atoms with E-state index >= 15 is 0 Å². The predicted molar refractivity (Wildman–Crippen MR) is 108 cm³/mol. The first-order valence-electron chi connectivity index (χ1n) is 9.67. The number of carbonyl (C=O) groups is 1. The number of hydrogen-bond donors (Lipinski definition) is 1. The fraction of sp³-hybridized carbons (Fsp3) is 0.286. The van der Waals surface area contributed by atoms with Crippen LogP contribution >= 0.6 is 0 Å². The second-order valence-electron chi connectivity index (χ2n) is 7.17. The number of halogens is 6. The van der Waals surface area contributed by atoms with E-state index in [1.165, 1.54) is 18.7 Å². The van der Waals surface area contributed by atoms with Crippen molar-refractivity contribution in [3.63, 3.8) is 0 Å². The van der Waals surface area contributed by atoms with Crippen molar-refractivity contribution in [3.8, 4) is 17.1 Å². The number of rotatable bonds is 6. The van der Waals surface area contributed by atoms with Gasteiger partial charge >= 0.3 is 18.0 Å². The van der Waals surface area contributed by atoms with Crippen LogP contribution in [0.25, 0.3) is 11.4 Å². The molecule has 0 fully saturated rings. The van der Waals surface area contributed by atoms with E-state index in [0.717, 1.165) is 4.68 Å². The number of nitrogens with zero attached hydrogens (tertiary/aromatic N) is 3. The van der Waals surface area contributed by atoms with Gasteiger partial charge in [-0.15, -0.1) is 5.10 Å². The van der Waals surface area contributed by atoms with Crippen molar-refractivity contribution >= 4 is 5.91 Å². The van der Waals surface area contributed by atoms with Crippen LogP contribution in [0.2, 0.25) is 0 Å². The number of carbonyl (C=O) groups excluding carboxylic acids is 1. The van der Waals surface area contributed by atoms with Gasteiger partial charge < -0.3 is 10.1 Å². The van der Waals surface area contributed by atoms with Crippen LogP contribution in [0.4, 0.5) is 26.3 Å². The molecule has 182 valence electrons. The monoisotopic (exact) mass is 488 g/mol. The van der Waals surface area contributed by atoms with Crippen LogP contribution in [0.3, 0.4) is 0 Å². The Hall–Kier alpha value is -3.77. The van der Waals surface area contributed by atoms with Gasteiger partial charge in [0.2, 0.25) is 0 Å². The molecule has 3 rings (SSSR count). The molecule has 0 spiro atoms. The number of methoxy groups -OCH3 is 1. The Morgan fingerprint density at radius 3 is 2.06 bits per heavy atom. The quantitative estimate of drug-likeness (QED) is 0.537. The topological polar surface area (TPSA) is 78.2 Å². The molecule has 1 N–H and O–H groups in total. The van der Waals surface area contributed by atoms with Crippen molar-refractivity contribution in [2.24, 2.45) is 7.05 Å². The molecule has 2 aromatic carbocycles.